The molecule has 0 radical (unpaired) electrons. The largest absolute Gasteiger partial charge is 0.481 e. The van der Waals surface area contributed by atoms with Crippen LogP contribution in [-0.4, -0.2) is 157 Å². The van der Waals surface area contributed by atoms with E-state index in [0.717, 1.165) is 23.7 Å². The van der Waals surface area contributed by atoms with Crippen molar-refractivity contribution in [3.63, 3.8) is 0 Å². The monoisotopic (exact) mass is 1090 g/mol. The maximum Gasteiger partial charge on any atom is 0.303 e. The third kappa shape index (κ3) is 18.1. The first kappa shape index (κ1) is 59.3. The number of thiol groups is 2. The molecular formula is C50H68N14O10S2. The molecule has 8 atom stereocenters. The average molecular weight is 1090 g/mol. The number of rotatable bonds is 29. The van der Waals surface area contributed by atoms with Crippen molar-refractivity contribution in [2.45, 2.75) is 120 Å². The molecule has 5 rings (SSSR count). The molecule has 8 amide bonds. The molecule has 0 aliphatic carbocycles. The van der Waals surface area contributed by atoms with Crippen LogP contribution in [0.3, 0.4) is 0 Å². The zero-order valence-electron chi connectivity index (χ0n) is 42.2. The van der Waals surface area contributed by atoms with Crippen LogP contribution in [0.4, 0.5) is 0 Å². The zero-order chi connectivity index (χ0) is 55.3. The van der Waals surface area contributed by atoms with E-state index >= 15 is 0 Å². The lowest BCUT2D eigenvalue weighted by Crippen LogP contribution is -2.61. The Kier molecular flexibility index (Phi) is 23.0. The van der Waals surface area contributed by atoms with Crippen LogP contribution in [-0.2, 0) is 62.4 Å². The van der Waals surface area contributed by atoms with Gasteiger partial charge in [0.25, 0.3) is 0 Å². The van der Waals surface area contributed by atoms with E-state index < -0.39 is 102 Å². The van der Waals surface area contributed by atoms with Crippen LogP contribution < -0.4 is 48.3 Å². The van der Waals surface area contributed by atoms with Crippen molar-refractivity contribution in [1.82, 2.24) is 62.4 Å². The Morgan fingerprint density at radius 2 is 1.28 bits per heavy atom. The van der Waals surface area contributed by atoms with Gasteiger partial charge in [-0.05, 0) is 56.2 Å². The molecule has 1 saturated heterocycles. The highest BCUT2D eigenvalue weighted by Gasteiger charge is 2.36. The van der Waals surface area contributed by atoms with Crippen molar-refractivity contribution in [1.29, 1.82) is 5.41 Å². The van der Waals surface area contributed by atoms with E-state index in [0.29, 0.717) is 23.4 Å². The lowest BCUT2D eigenvalue weighted by atomic mass is 10.0. The van der Waals surface area contributed by atoms with Gasteiger partial charge in [0.15, 0.2) is 5.96 Å². The smallest absolute Gasteiger partial charge is 0.303 e. The van der Waals surface area contributed by atoms with Gasteiger partial charge in [-0.15, -0.1) is 0 Å². The number of carboxylic acids is 1. The highest BCUT2D eigenvalue weighted by Crippen LogP contribution is 2.21. The Morgan fingerprint density at radius 3 is 1.84 bits per heavy atom. The topological polar surface area (TPSA) is 368 Å². The number of carboxylic acid groups (broad SMARTS) is 1. The average Bonchev–Trinajstić information content (AvgIpc) is 4.18. The van der Waals surface area contributed by atoms with E-state index in [1.54, 1.807) is 41.4 Å². The first-order valence-corrected chi connectivity index (χ1v) is 26.1. The molecule has 0 spiro atoms. The highest BCUT2D eigenvalue weighted by atomic mass is 32.1. The Hall–Kier alpha value is -7.61. The molecule has 1 aliphatic rings. The number of carbonyl (C=O) groups is 9. The summed E-state index contributed by atoms with van der Waals surface area (Å²) in [7, 11) is 0. The first-order valence-electron chi connectivity index (χ1n) is 24.8. The zero-order valence-corrected chi connectivity index (χ0v) is 44.0. The van der Waals surface area contributed by atoms with Crippen molar-refractivity contribution < 1.29 is 48.3 Å². The summed E-state index contributed by atoms with van der Waals surface area (Å²) in [6, 6.07) is 6.62. The second-order valence-corrected chi connectivity index (χ2v) is 19.2. The van der Waals surface area contributed by atoms with Crippen LogP contribution in [0, 0.1) is 5.41 Å². The van der Waals surface area contributed by atoms with Crippen LogP contribution in [0.15, 0.2) is 73.3 Å². The minimum atomic E-state index is -1.52. The summed E-state index contributed by atoms with van der Waals surface area (Å²) >= 11 is 8.52. The van der Waals surface area contributed by atoms with Crippen molar-refractivity contribution in [3.8, 4) is 0 Å². The molecule has 24 nitrogen and oxygen atoms in total. The number of aromatic nitrogens is 3. The SMILES string of the molecule is CC(=O)N[C@@H](CS)C(=O)N[C@@H](CCC(=O)O)C(=O)N[C@@H](Cc1c[nH]cn1)C(=O)N[C@H](Cc1ccccc1)C(=O)N[C@@H](CCCNC(=N)N)C(=O)N[C@@H](Cc1c[nH]c2ccccc12)C(=O)N[C@@H](CS)C(=O)N1CCC[C@H]1C. The molecule has 410 valence electrons. The summed E-state index contributed by atoms with van der Waals surface area (Å²) in [5.41, 5.74) is 7.88. The van der Waals surface area contributed by atoms with Crippen molar-refractivity contribution >= 4 is 95.3 Å². The van der Waals surface area contributed by atoms with Gasteiger partial charge in [0, 0.05) is 86.5 Å². The Morgan fingerprint density at radius 1 is 0.724 bits per heavy atom. The molecule has 76 heavy (non-hydrogen) atoms. The number of nitrogens with one attached hydrogen (secondary N) is 11. The molecule has 1 fully saturated rings. The third-order valence-electron chi connectivity index (χ3n) is 12.7. The number of aromatic amines is 2. The molecule has 0 unspecified atom stereocenters. The van der Waals surface area contributed by atoms with Crippen LogP contribution in [0.25, 0.3) is 10.9 Å². The van der Waals surface area contributed by atoms with Gasteiger partial charge in [-0.25, -0.2) is 4.98 Å². The van der Waals surface area contributed by atoms with Crippen LogP contribution in [0.1, 0.15) is 69.2 Å². The standard InChI is InChI=1S/C50H68N14O10S2/c1-28-10-9-19-64(28)49(74)41(26-76)63-46(71)38(21-31-23-55-34-14-7-6-13-33(31)34)61-43(68)35(15-8-18-54-50(51)52)58-45(70)37(20-30-11-4-3-5-12-30)60-47(72)39(22-32-24-53-27-56-32)62-44(69)36(16-17-42(66)67)59-48(73)40(25-75)57-29(2)65/h3-7,11-14,23-24,27-28,35-41,55,75-76H,8-10,15-22,25-26H2,1-2H3,(H,53,56)(H,57,65)(H,58,70)(H,59,73)(H,60,72)(H,61,68)(H,62,69)(H,63,71)(H,66,67)(H4,51,52,54)/t28-,35+,36+,37-,38+,39+,40+,41+/m1/s1. The molecule has 14 N–H and O–H groups in total. The lowest BCUT2D eigenvalue weighted by molar-refractivity contribution is -0.138. The fraction of sp³-hybridized carbons (Fsp3) is 0.460. The Balaban J connectivity index is 1.44. The lowest BCUT2D eigenvalue weighted by Gasteiger charge is -2.29. The van der Waals surface area contributed by atoms with Crippen LogP contribution in [0.5, 0.6) is 0 Å². The number of carbonyl (C=O) groups excluding carboxylic acids is 8. The summed E-state index contributed by atoms with van der Waals surface area (Å²) in [4.78, 5) is 135. The number of hydrogen-bond donors (Lipinski definition) is 15. The number of amides is 8. The van der Waals surface area contributed by atoms with Gasteiger partial charge in [-0.3, -0.25) is 48.6 Å². The number of likely N-dealkylation sites (tertiary alicyclic amines) is 1. The van der Waals surface area contributed by atoms with Crippen LogP contribution in [0.2, 0.25) is 0 Å². The molecule has 4 aromatic rings. The number of imidazole rings is 1. The normalized spacial score (nSPS) is 15.8. The minimum absolute atomic E-state index is 0.0250. The van der Waals surface area contributed by atoms with E-state index in [2.05, 4.69) is 82.7 Å². The summed E-state index contributed by atoms with van der Waals surface area (Å²) in [5.74, 6) is -7.69. The van der Waals surface area contributed by atoms with Gasteiger partial charge >= 0.3 is 5.97 Å². The van der Waals surface area contributed by atoms with Gasteiger partial charge in [-0.2, -0.15) is 25.3 Å². The second-order valence-electron chi connectivity index (χ2n) is 18.4. The second kappa shape index (κ2) is 29.5. The molecular weight excluding hydrogens is 1020 g/mol. The quantitative estimate of drug-likeness (QED) is 0.0139. The fourth-order valence-corrected chi connectivity index (χ4v) is 9.17. The Labute approximate surface area is 450 Å². The number of para-hydroxylation sites is 1. The number of H-pyrrole nitrogens is 2. The summed E-state index contributed by atoms with van der Waals surface area (Å²) in [6.07, 6.45) is 4.85. The van der Waals surface area contributed by atoms with Crippen molar-refractivity contribution in [3.05, 3.63) is 90.1 Å². The molecule has 2 aromatic heterocycles. The maximum absolute atomic E-state index is 14.7. The molecule has 26 heteroatoms. The van der Waals surface area contributed by atoms with E-state index in [4.69, 9.17) is 11.1 Å². The van der Waals surface area contributed by atoms with E-state index in [9.17, 15) is 48.3 Å². The van der Waals surface area contributed by atoms with E-state index in [1.807, 2.05) is 31.2 Å². The summed E-state index contributed by atoms with van der Waals surface area (Å²) in [6.45, 7) is 3.75. The fourth-order valence-electron chi connectivity index (χ4n) is 8.66. The van der Waals surface area contributed by atoms with Gasteiger partial charge in [0.05, 0.1) is 12.0 Å². The minimum Gasteiger partial charge on any atom is -0.481 e. The van der Waals surface area contributed by atoms with E-state index in [1.165, 1.54) is 19.4 Å². The molecule has 0 saturated carbocycles. The number of guanidine groups is 1. The highest BCUT2D eigenvalue weighted by molar-refractivity contribution is 7.80. The summed E-state index contributed by atoms with van der Waals surface area (Å²) < 4.78 is 0. The molecule has 2 aromatic carbocycles. The first-order chi connectivity index (χ1) is 36.4. The maximum atomic E-state index is 14.7. The van der Waals surface area contributed by atoms with Gasteiger partial charge in [0.1, 0.15) is 42.3 Å². The predicted octanol–water partition coefficient (Wildman–Crippen LogP) is -0.669. The van der Waals surface area contributed by atoms with Gasteiger partial charge < -0.3 is 68.2 Å². The van der Waals surface area contributed by atoms with Gasteiger partial charge in [-0.1, -0.05) is 48.5 Å². The molecule has 3 heterocycles. The number of hydrogen-bond acceptors (Lipinski definition) is 13. The molecule has 0 bridgehead atoms. The van der Waals surface area contributed by atoms with Crippen LogP contribution >= 0.6 is 25.3 Å². The number of aliphatic carboxylic acids is 1. The number of fused-ring (bicyclic) bond motifs is 1. The van der Waals surface area contributed by atoms with Gasteiger partial charge in [0.2, 0.25) is 47.3 Å². The van der Waals surface area contributed by atoms with Crippen molar-refractivity contribution in [2.24, 2.45) is 5.73 Å². The number of nitrogens with zero attached hydrogens (tertiary/aromatic N) is 2. The number of nitrogens with two attached hydrogens (primary N) is 1. The molecule has 1 aliphatic heterocycles. The number of benzene rings is 2. The third-order valence-corrected chi connectivity index (χ3v) is 13.4. The Bertz CT molecular complexity index is 2660. The predicted molar refractivity (Wildman–Crippen MR) is 288 cm³/mol. The summed E-state index contributed by atoms with van der Waals surface area (Å²) in [5, 5.41) is 39.1. The van der Waals surface area contributed by atoms with E-state index in [-0.39, 0.29) is 68.1 Å². The van der Waals surface area contributed by atoms with Crippen molar-refractivity contribution in [2.75, 3.05) is 24.6 Å².